The number of esters is 1. The van der Waals surface area contributed by atoms with Crippen LogP contribution in [0.4, 0.5) is 0 Å². The van der Waals surface area contributed by atoms with Gasteiger partial charge in [0.25, 0.3) is 0 Å². The van der Waals surface area contributed by atoms with E-state index in [1.54, 1.807) is 6.08 Å². The molecule has 0 atom stereocenters. The quantitative estimate of drug-likeness (QED) is 0.182. The molecule has 0 heterocycles. The summed E-state index contributed by atoms with van der Waals surface area (Å²) in [7, 11) is 0. The highest BCUT2D eigenvalue weighted by Gasteiger charge is 2.17. The standard InChI is InChI=1S/C21H38O2/c1-2-3-4-5-6-7-8-9-10-11-12-13-14-19-23-21(22)18-17-20-15-16-20/h17-18,20H,2-16,19H2,1H3/b18-17+. The molecule has 1 aliphatic rings. The molecule has 0 aliphatic heterocycles. The van der Waals surface area contributed by atoms with Crippen molar-refractivity contribution >= 4 is 5.97 Å². The van der Waals surface area contributed by atoms with E-state index in [-0.39, 0.29) is 5.97 Å². The van der Waals surface area contributed by atoms with Crippen molar-refractivity contribution in [3.63, 3.8) is 0 Å². The molecular weight excluding hydrogens is 284 g/mol. The zero-order chi connectivity index (χ0) is 16.6. The SMILES string of the molecule is CCCCCCCCCCCCCCCOC(=O)/C=C/C1CC1. The molecule has 2 nitrogen and oxygen atoms in total. The highest BCUT2D eigenvalue weighted by molar-refractivity contribution is 5.81. The van der Waals surface area contributed by atoms with E-state index >= 15 is 0 Å². The first-order valence-electron chi connectivity index (χ1n) is 10.2. The molecule has 0 aromatic heterocycles. The molecule has 23 heavy (non-hydrogen) atoms. The molecule has 0 aromatic carbocycles. The van der Waals surface area contributed by atoms with Crippen LogP contribution in [0.2, 0.25) is 0 Å². The van der Waals surface area contributed by atoms with Gasteiger partial charge < -0.3 is 4.74 Å². The number of hydrogen-bond donors (Lipinski definition) is 0. The predicted molar refractivity (Wildman–Crippen MR) is 98.5 cm³/mol. The third-order valence-electron chi connectivity index (χ3n) is 4.62. The van der Waals surface area contributed by atoms with E-state index in [4.69, 9.17) is 4.74 Å². The van der Waals surface area contributed by atoms with Gasteiger partial charge in [0.15, 0.2) is 0 Å². The summed E-state index contributed by atoms with van der Waals surface area (Å²) >= 11 is 0. The maximum absolute atomic E-state index is 11.4. The number of ether oxygens (including phenoxy) is 1. The Hall–Kier alpha value is -0.790. The Balaban J connectivity index is 1.70. The molecule has 0 amide bonds. The monoisotopic (exact) mass is 322 g/mol. The van der Waals surface area contributed by atoms with Crippen molar-refractivity contribution in [3.8, 4) is 0 Å². The Bertz CT molecular complexity index is 305. The minimum absolute atomic E-state index is 0.157. The van der Waals surface area contributed by atoms with Crippen LogP contribution >= 0.6 is 0 Å². The lowest BCUT2D eigenvalue weighted by atomic mass is 10.0. The first-order chi connectivity index (χ1) is 11.3. The Kier molecular flexibility index (Phi) is 13.0. The molecule has 1 rings (SSSR count). The summed E-state index contributed by atoms with van der Waals surface area (Å²) in [5, 5.41) is 0. The lowest BCUT2D eigenvalue weighted by Crippen LogP contribution is -2.02. The number of allylic oxidation sites excluding steroid dienone is 1. The molecule has 1 saturated carbocycles. The largest absolute Gasteiger partial charge is 0.463 e. The second-order valence-electron chi connectivity index (χ2n) is 7.11. The first-order valence-corrected chi connectivity index (χ1v) is 10.2. The van der Waals surface area contributed by atoms with E-state index in [9.17, 15) is 4.79 Å². The summed E-state index contributed by atoms with van der Waals surface area (Å²) in [6.07, 6.45) is 23.6. The third kappa shape index (κ3) is 14.5. The fourth-order valence-corrected chi connectivity index (χ4v) is 2.84. The molecular formula is C21H38O2. The summed E-state index contributed by atoms with van der Waals surface area (Å²) in [6, 6.07) is 0. The van der Waals surface area contributed by atoms with Gasteiger partial charge in [0.2, 0.25) is 0 Å². The molecule has 0 aromatic rings. The molecule has 0 radical (unpaired) electrons. The highest BCUT2D eigenvalue weighted by Crippen LogP contribution is 2.29. The van der Waals surface area contributed by atoms with Crippen molar-refractivity contribution in [1.29, 1.82) is 0 Å². The van der Waals surface area contributed by atoms with Crippen LogP contribution in [0, 0.1) is 5.92 Å². The van der Waals surface area contributed by atoms with Crippen molar-refractivity contribution < 1.29 is 9.53 Å². The molecule has 0 N–H and O–H groups in total. The van der Waals surface area contributed by atoms with Crippen molar-refractivity contribution in [2.75, 3.05) is 6.61 Å². The zero-order valence-corrected chi connectivity index (χ0v) is 15.4. The van der Waals surface area contributed by atoms with Crippen LogP contribution in [0.25, 0.3) is 0 Å². The summed E-state index contributed by atoms with van der Waals surface area (Å²) in [5.74, 6) is 0.495. The van der Waals surface area contributed by atoms with Crippen molar-refractivity contribution in [2.24, 2.45) is 5.92 Å². The van der Waals surface area contributed by atoms with Crippen LogP contribution in [0.5, 0.6) is 0 Å². The van der Waals surface area contributed by atoms with Crippen LogP contribution in [0.3, 0.4) is 0 Å². The molecule has 134 valence electrons. The van der Waals surface area contributed by atoms with Gasteiger partial charge >= 0.3 is 5.97 Å². The van der Waals surface area contributed by atoms with E-state index in [0.29, 0.717) is 12.5 Å². The molecule has 0 spiro atoms. The summed E-state index contributed by atoms with van der Waals surface area (Å²) in [4.78, 5) is 11.4. The second-order valence-corrected chi connectivity index (χ2v) is 7.11. The maximum Gasteiger partial charge on any atom is 0.330 e. The lowest BCUT2D eigenvalue weighted by molar-refractivity contribution is -0.137. The van der Waals surface area contributed by atoms with Crippen LogP contribution in [-0.2, 0) is 9.53 Å². The van der Waals surface area contributed by atoms with E-state index < -0.39 is 0 Å². The number of rotatable bonds is 16. The Labute approximate surface area is 144 Å². The van der Waals surface area contributed by atoms with E-state index in [1.807, 2.05) is 6.08 Å². The molecule has 1 fully saturated rings. The van der Waals surface area contributed by atoms with Gasteiger partial charge in [-0.2, -0.15) is 0 Å². The van der Waals surface area contributed by atoms with Crippen LogP contribution < -0.4 is 0 Å². The number of carbonyl (C=O) groups excluding carboxylic acids is 1. The number of carbonyl (C=O) groups is 1. The van der Waals surface area contributed by atoms with Gasteiger partial charge in [0.1, 0.15) is 0 Å². The minimum atomic E-state index is -0.157. The van der Waals surface area contributed by atoms with Gasteiger partial charge in [-0.25, -0.2) is 4.79 Å². The smallest absolute Gasteiger partial charge is 0.330 e. The molecule has 0 saturated heterocycles. The maximum atomic E-state index is 11.4. The fraction of sp³-hybridized carbons (Fsp3) is 0.857. The van der Waals surface area contributed by atoms with Gasteiger partial charge in [-0.3, -0.25) is 0 Å². The van der Waals surface area contributed by atoms with Crippen molar-refractivity contribution in [1.82, 2.24) is 0 Å². The van der Waals surface area contributed by atoms with Crippen LogP contribution in [0.15, 0.2) is 12.2 Å². The molecule has 0 bridgehead atoms. The molecule has 0 unspecified atom stereocenters. The molecule has 2 heteroatoms. The van der Waals surface area contributed by atoms with Gasteiger partial charge in [0.05, 0.1) is 6.61 Å². The zero-order valence-electron chi connectivity index (χ0n) is 15.4. The molecule has 1 aliphatic carbocycles. The van der Waals surface area contributed by atoms with Crippen LogP contribution in [0.1, 0.15) is 103 Å². The minimum Gasteiger partial charge on any atom is -0.463 e. The lowest BCUT2D eigenvalue weighted by Gasteiger charge is -2.03. The van der Waals surface area contributed by atoms with Crippen molar-refractivity contribution in [2.45, 2.75) is 103 Å². The first kappa shape index (κ1) is 20.3. The third-order valence-corrected chi connectivity index (χ3v) is 4.62. The van der Waals surface area contributed by atoms with Crippen LogP contribution in [-0.4, -0.2) is 12.6 Å². The number of hydrogen-bond acceptors (Lipinski definition) is 2. The fourth-order valence-electron chi connectivity index (χ4n) is 2.84. The second kappa shape index (κ2) is 14.8. The Morgan fingerprint density at radius 1 is 0.826 bits per heavy atom. The average Bonchev–Trinajstić information content (AvgIpc) is 3.37. The van der Waals surface area contributed by atoms with E-state index in [2.05, 4.69) is 6.92 Å². The normalized spacial score (nSPS) is 14.5. The summed E-state index contributed by atoms with van der Waals surface area (Å²) in [6.45, 7) is 2.86. The number of unbranched alkanes of at least 4 members (excludes halogenated alkanes) is 12. The highest BCUT2D eigenvalue weighted by atomic mass is 16.5. The Morgan fingerprint density at radius 3 is 1.78 bits per heavy atom. The Morgan fingerprint density at radius 2 is 1.30 bits per heavy atom. The average molecular weight is 323 g/mol. The summed E-state index contributed by atoms with van der Waals surface area (Å²) < 4.78 is 5.19. The van der Waals surface area contributed by atoms with E-state index in [1.165, 1.54) is 89.9 Å². The van der Waals surface area contributed by atoms with Gasteiger partial charge in [-0.1, -0.05) is 90.0 Å². The van der Waals surface area contributed by atoms with Gasteiger partial charge in [-0.05, 0) is 25.2 Å². The van der Waals surface area contributed by atoms with Gasteiger partial charge in [-0.15, -0.1) is 0 Å². The summed E-state index contributed by atoms with van der Waals surface area (Å²) in [5.41, 5.74) is 0. The van der Waals surface area contributed by atoms with Gasteiger partial charge in [0, 0.05) is 6.08 Å². The van der Waals surface area contributed by atoms with E-state index in [0.717, 1.165) is 6.42 Å². The van der Waals surface area contributed by atoms with Crippen molar-refractivity contribution in [3.05, 3.63) is 12.2 Å². The predicted octanol–water partition coefficient (Wildman–Crippen LogP) is 6.59. The topological polar surface area (TPSA) is 26.3 Å².